The summed E-state index contributed by atoms with van der Waals surface area (Å²) in [5, 5.41) is 12.0. The molecule has 0 radical (unpaired) electrons. The van der Waals surface area contributed by atoms with Crippen molar-refractivity contribution in [2.75, 3.05) is 30.3 Å². The number of aromatic nitrogens is 3. The lowest BCUT2D eigenvalue weighted by atomic mass is 9.98. The van der Waals surface area contributed by atoms with Gasteiger partial charge in [0.2, 0.25) is 0 Å². The highest BCUT2D eigenvalue weighted by atomic mass is 35.5. The number of benzene rings is 1. The highest BCUT2D eigenvalue weighted by Crippen LogP contribution is 2.43. The number of nitrogens with zero attached hydrogens (tertiary/aromatic N) is 6. The molecule has 2 N–H and O–H groups in total. The van der Waals surface area contributed by atoms with Gasteiger partial charge in [0, 0.05) is 31.2 Å². The zero-order chi connectivity index (χ0) is 24.9. The molecule has 3 aromatic rings. The summed E-state index contributed by atoms with van der Waals surface area (Å²) in [6.45, 7) is 2.66. The molecule has 3 heterocycles. The maximum atomic E-state index is 14.9. The Hall–Kier alpha value is -3.30. The highest BCUT2D eigenvalue weighted by Gasteiger charge is 2.39. The summed E-state index contributed by atoms with van der Waals surface area (Å²) in [4.78, 5) is 20.6. The fraction of sp³-hybridized carbons (Fsp3) is 0.300. The number of anilines is 2. The molecule has 1 atom stereocenters. The third kappa shape index (κ3) is 3.84. The smallest absolute Gasteiger partial charge is 0.397 e. The van der Waals surface area contributed by atoms with E-state index in [9.17, 15) is 22.4 Å². The molecule has 4 rings (SSSR count). The van der Waals surface area contributed by atoms with Crippen LogP contribution >= 0.6 is 23.2 Å². The van der Waals surface area contributed by atoms with Gasteiger partial charge in [-0.3, -0.25) is 4.79 Å². The number of nitrogens with two attached hydrogens (primary N) is 1. The SMILES string of the molecule is C[C@H]1CN(C#N)CCN1c1ncnn2c(=O)c(-c3c(N)c(Cl)cc(Cl)c3F)c(C(F)(F)F)cc12. The zero-order valence-electron chi connectivity index (χ0n) is 17.4. The Balaban J connectivity index is 2.05. The quantitative estimate of drug-likeness (QED) is 0.239. The van der Waals surface area contributed by atoms with Crippen molar-refractivity contribution in [3.8, 4) is 17.3 Å². The third-order valence-corrected chi connectivity index (χ3v) is 6.15. The lowest BCUT2D eigenvalue weighted by Gasteiger charge is -2.38. The molecule has 0 aliphatic carbocycles. The first-order chi connectivity index (χ1) is 16.0. The highest BCUT2D eigenvalue weighted by molar-refractivity contribution is 6.37. The van der Waals surface area contributed by atoms with E-state index in [0.717, 1.165) is 12.4 Å². The van der Waals surface area contributed by atoms with Gasteiger partial charge in [-0.05, 0) is 19.1 Å². The molecule has 34 heavy (non-hydrogen) atoms. The van der Waals surface area contributed by atoms with E-state index in [2.05, 4.69) is 10.1 Å². The predicted molar refractivity (Wildman–Crippen MR) is 118 cm³/mol. The fourth-order valence-corrected chi connectivity index (χ4v) is 4.44. The molecule has 1 aliphatic rings. The van der Waals surface area contributed by atoms with Crippen LogP contribution in [0.1, 0.15) is 12.5 Å². The number of hydrogen-bond acceptors (Lipinski definition) is 7. The normalized spacial score (nSPS) is 16.7. The van der Waals surface area contributed by atoms with Gasteiger partial charge in [-0.25, -0.2) is 9.37 Å². The fourth-order valence-electron chi connectivity index (χ4n) is 3.98. The summed E-state index contributed by atoms with van der Waals surface area (Å²) in [6, 6.07) is 1.30. The number of halogens is 6. The molecule has 14 heteroatoms. The minimum atomic E-state index is -5.07. The Morgan fingerprint density at radius 1 is 1.21 bits per heavy atom. The van der Waals surface area contributed by atoms with E-state index in [4.69, 9.17) is 34.2 Å². The molecule has 1 fully saturated rings. The van der Waals surface area contributed by atoms with Gasteiger partial charge in [0.05, 0.1) is 26.9 Å². The lowest BCUT2D eigenvalue weighted by molar-refractivity contribution is -0.137. The lowest BCUT2D eigenvalue weighted by Crippen LogP contribution is -2.51. The van der Waals surface area contributed by atoms with Gasteiger partial charge >= 0.3 is 6.18 Å². The molecule has 0 amide bonds. The number of hydrogen-bond donors (Lipinski definition) is 1. The summed E-state index contributed by atoms with van der Waals surface area (Å²) in [5.74, 6) is -1.26. The molecule has 0 spiro atoms. The summed E-state index contributed by atoms with van der Waals surface area (Å²) in [6.07, 6.45) is -2.04. The summed E-state index contributed by atoms with van der Waals surface area (Å²) in [7, 11) is 0. The second-order valence-corrected chi connectivity index (χ2v) is 8.46. The van der Waals surface area contributed by atoms with Gasteiger partial charge in [-0.15, -0.1) is 0 Å². The first kappa shape index (κ1) is 23.8. The van der Waals surface area contributed by atoms with E-state index in [1.54, 1.807) is 11.8 Å². The Morgan fingerprint density at radius 3 is 2.53 bits per heavy atom. The number of pyridine rings is 1. The van der Waals surface area contributed by atoms with Gasteiger partial charge in [0.15, 0.2) is 17.8 Å². The van der Waals surface area contributed by atoms with E-state index in [0.29, 0.717) is 23.7 Å². The number of nitrogen functional groups attached to an aromatic ring is 1. The molecule has 0 saturated carbocycles. The second kappa shape index (κ2) is 8.48. The van der Waals surface area contributed by atoms with Crippen molar-refractivity contribution in [3.63, 3.8) is 0 Å². The van der Waals surface area contributed by atoms with E-state index < -0.39 is 45.0 Å². The van der Waals surface area contributed by atoms with E-state index in [-0.39, 0.29) is 28.9 Å². The Morgan fingerprint density at radius 2 is 1.91 bits per heavy atom. The van der Waals surface area contributed by atoms with E-state index >= 15 is 0 Å². The van der Waals surface area contributed by atoms with Gasteiger partial charge in [-0.1, -0.05) is 23.2 Å². The average Bonchev–Trinajstić information content (AvgIpc) is 2.78. The van der Waals surface area contributed by atoms with Gasteiger partial charge in [0.25, 0.3) is 5.56 Å². The first-order valence-corrected chi connectivity index (χ1v) is 10.5. The van der Waals surface area contributed by atoms with Crippen molar-refractivity contribution in [3.05, 3.63) is 50.2 Å². The van der Waals surface area contributed by atoms with E-state index in [1.807, 2.05) is 6.19 Å². The number of nitriles is 1. The van der Waals surface area contributed by atoms with E-state index in [1.165, 1.54) is 4.90 Å². The van der Waals surface area contributed by atoms with Crippen molar-refractivity contribution in [2.45, 2.75) is 19.1 Å². The maximum absolute atomic E-state index is 14.9. The first-order valence-electron chi connectivity index (χ1n) is 9.78. The van der Waals surface area contributed by atoms with Crippen LogP contribution in [0.5, 0.6) is 0 Å². The van der Waals surface area contributed by atoms with Gasteiger partial charge in [0.1, 0.15) is 11.8 Å². The molecule has 0 unspecified atom stereocenters. The Bertz CT molecular complexity index is 1380. The molecular weight excluding hydrogens is 501 g/mol. The Labute approximate surface area is 199 Å². The molecule has 2 aromatic heterocycles. The van der Waals surface area contributed by atoms with Crippen LogP contribution in [-0.2, 0) is 6.18 Å². The van der Waals surface area contributed by atoms with Gasteiger partial charge in [-0.2, -0.15) is 28.0 Å². The van der Waals surface area contributed by atoms with Crippen LogP contribution < -0.4 is 16.2 Å². The Kier molecular flexibility index (Phi) is 5.95. The van der Waals surface area contributed by atoms with Crippen LogP contribution in [0.4, 0.5) is 29.1 Å². The molecular formula is C20H15Cl2F4N7O. The molecule has 1 saturated heterocycles. The molecule has 8 nitrogen and oxygen atoms in total. The number of piperazine rings is 1. The summed E-state index contributed by atoms with van der Waals surface area (Å²) < 4.78 is 58.1. The van der Waals surface area contributed by atoms with Crippen LogP contribution in [0.3, 0.4) is 0 Å². The average molecular weight is 516 g/mol. The minimum absolute atomic E-state index is 0.0619. The topological polar surface area (TPSA) is 104 Å². The van der Waals surface area contributed by atoms with Crippen molar-refractivity contribution in [2.24, 2.45) is 0 Å². The summed E-state index contributed by atoms with van der Waals surface area (Å²) >= 11 is 11.7. The molecule has 178 valence electrons. The van der Waals surface area contributed by atoms with Crippen LogP contribution in [0.25, 0.3) is 16.6 Å². The zero-order valence-corrected chi connectivity index (χ0v) is 18.9. The largest absolute Gasteiger partial charge is 0.417 e. The standard InChI is InChI=1S/C20H15Cl2F4N7O/c1-9-6-31(7-27)2-3-32(9)18-13-4-10(20(24,25)26)14(19(34)33(13)30-8-29-18)15-16(23)11(21)5-12(22)17(15)28/h4-5,8-9H,2-3,6,28H2,1H3/t9-/m0/s1. The number of rotatable bonds is 2. The second-order valence-electron chi connectivity index (χ2n) is 7.65. The van der Waals surface area contributed by atoms with Crippen LogP contribution in [-0.4, -0.2) is 45.2 Å². The van der Waals surface area contributed by atoms with Crippen LogP contribution in [0.2, 0.25) is 10.0 Å². The van der Waals surface area contributed by atoms with Crippen LogP contribution in [0, 0.1) is 17.3 Å². The maximum Gasteiger partial charge on any atom is 0.417 e. The van der Waals surface area contributed by atoms with Crippen molar-refractivity contribution >= 4 is 40.2 Å². The molecule has 1 aliphatic heterocycles. The summed E-state index contributed by atoms with van der Waals surface area (Å²) in [5.41, 5.74) is 0.318. The van der Waals surface area contributed by atoms with Crippen molar-refractivity contribution in [1.29, 1.82) is 5.26 Å². The monoisotopic (exact) mass is 515 g/mol. The minimum Gasteiger partial charge on any atom is -0.397 e. The van der Waals surface area contributed by atoms with Crippen molar-refractivity contribution in [1.82, 2.24) is 19.5 Å². The number of fused-ring (bicyclic) bond motifs is 1. The molecule has 0 bridgehead atoms. The number of alkyl halides is 3. The third-order valence-electron chi connectivity index (χ3n) is 5.57. The predicted octanol–water partition coefficient (Wildman–Crippen LogP) is 3.79. The van der Waals surface area contributed by atoms with Crippen molar-refractivity contribution < 1.29 is 17.6 Å². The van der Waals surface area contributed by atoms with Gasteiger partial charge < -0.3 is 15.5 Å². The molecule has 1 aromatic carbocycles. The van der Waals surface area contributed by atoms with Crippen LogP contribution in [0.15, 0.2) is 23.3 Å².